The van der Waals surface area contributed by atoms with E-state index >= 15 is 0 Å². The van der Waals surface area contributed by atoms with Gasteiger partial charge in [0.2, 0.25) is 24.2 Å². The van der Waals surface area contributed by atoms with E-state index in [1.807, 2.05) is 55.5 Å². The first-order chi connectivity index (χ1) is 28.7. The van der Waals surface area contributed by atoms with Crippen molar-refractivity contribution >= 4 is 24.2 Å². The van der Waals surface area contributed by atoms with Gasteiger partial charge < -0.3 is 28.6 Å². The lowest BCUT2D eigenvalue weighted by molar-refractivity contribution is -0.492. The smallest absolute Gasteiger partial charge is 0.434 e. The number of benzene rings is 2. The highest BCUT2D eigenvalue weighted by Gasteiger charge is 2.35. The number of tetrazole rings is 1. The Morgan fingerprint density at radius 1 is 0.717 bits per heavy atom. The number of aromatic nitrogens is 4. The molecule has 2 unspecified atom stereocenters. The first-order valence-corrected chi connectivity index (χ1v) is 19.5. The highest BCUT2D eigenvalue weighted by Crippen LogP contribution is 2.31. The van der Waals surface area contributed by atoms with Gasteiger partial charge in [-0.05, 0) is 66.8 Å². The molecule has 332 valence electrons. The number of hydrogen-bond donors (Lipinski definition) is 4. The van der Waals surface area contributed by atoms with E-state index < -0.39 is 47.6 Å². The predicted octanol–water partition coefficient (Wildman–Crippen LogP) is 5.85. The molecule has 0 bridgehead atoms. The molecule has 1 heterocycles. The standard InChI is InChI=1S/C38H55N7O15/c1-6-7-16-33(46)42(34(26(2)3)36(47)59-28(5)60-38(49)55-22-11-13-24-57-45(52)53)25-29-17-19-30(20-18-29)31-14-8-9-15-32(31)35-39-41-43(40-35)27(4)58-37(48)54-21-10-12-23-56-44(50)51/h8-9,14-15,17-20,26-28,34,50-53H,6-7,10-13,16,21-25H2,1-5H3/t27?,28?,34-/m0/s1. The van der Waals surface area contributed by atoms with E-state index in [1.165, 1.54) is 11.8 Å². The number of hydrogen-bond acceptors (Lipinski definition) is 20. The molecule has 3 atom stereocenters. The molecular weight excluding hydrogens is 794 g/mol. The summed E-state index contributed by atoms with van der Waals surface area (Å²) in [6, 6.07) is 13.8. The first-order valence-electron chi connectivity index (χ1n) is 19.5. The zero-order valence-electron chi connectivity index (χ0n) is 34.3. The molecular formula is C38H55N7O15. The lowest BCUT2D eigenvalue weighted by Gasteiger charge is -2.33. The van der Waals surface area contributed by atoms with Crippen molar-refractivity contribution in [1.82, 2.24) is 35.9 Å². The minimum absolute atomic E-state index is 0.0100. The zero-order chi connectivity index (χ0) is 44.0. The summed E-state index contributed by atoms with van der Waals surface area (Å²) in [5.41, 5.74) is 2.95. The van der Waals surface area contributed by atoms with E-state index in [4.69, 9.17) is 44.5 Å². The first kappa shape index (κ1) is 49.0. The molecule has 22 heteroatoms. The molecule has 22 nitrogen and oxygen atoms in total. The van der Waals surface area contributed by atoms with Gasteiger partial charge in [-0.3, -0.25) is 35.3 Å². The Labute approximate surface area is 346 Å². The van der Waals surface area contributed by atoms with Gasteiger partial charge in [-0.25, -0.2) is 14.4 Å². The van der Waals surface area contributed by atoms with Gasteiger partial charge in [0.15, 0.2) is 0 Å². The number of esters is 1. The van der Waals surface area contributed by atoms with Gasteiger partial charge in [0.25, 0.3) is 0 Å². The van der Waals surface area contributed by atoms with Gasteiger partial charge in [-0.1, -0.05) is 75.7 Å². The monoisotopic (exact) mass is 849 g/mol. The molecule has 0 radical (unpaired) electrons. The van der Waals surface area contributed by atoms with Crippen molar-refractivity contribution in [2.45, 2.75) is 105 Å². The number of nitrogens with zero attached hydrogens (tertiary/aromatic N) is 7. The van der Waals surface area contributed by atoms with Crippen molar-refractivity contribution in [3.8, 4) is 22.5 Å². The summed E-state index contributed by atoms with van der Waals surface area (Å²) in [7, 11) is 0. The van der Waals surface area contributed by atoms with Gasteiger partial charge in [0.05, 0.1) is 37.2 Å². The molecule has 3 aromatic rings. The van der Waals surface area contributed by atoms with Crippen LogP contribution >= 0.6 is 0 Å². The maximum atomic E-state index is 13.6. The van der Waals surface area contributed by atoms with Crippen LogP contribution < -0.4 is 0 Å². The summed E-state index contributed by atoms with van der Waals surface area (Å²) < 4.78 is 25.9. The fourth-order valence-corrected chi connectivity index (χ4v) is 5.63. The molecule has 4 N–H and O–H groups in total. The fraction of sp³-hybridized carbons (Fsp3) is 0.553. The molecule has 1 aromatic heterocycles. The van der Waals surface area contributed by atoms with Gasteiger partial charge >= 0.3 is 18.3 Å². The third-order valence-electron chi connectivity index (χ3n) is 8.55. The van der Waals surface area contributed by atoms with Crippen molar-refractivity contribution in [2.24, 2.45) is 5.92 Å². The molecule has 0 aliphatic heterocycles. The van der Waals surface area contributed by atoms with Crippen LogP contribution in [0, 0.1) is 5.92 Å². The van der Waals surface area contributed by atoms with Crippen LogP contribution in [0.1, 0.15) is 91.4 Å². The second-order valence-electron chi connectivity index (χ2n) is 13.6. The average Bonchev–Trinajstić information content (AvgIpc) is 3.70. The number of unbranched alkanes of at least 4 members (excludes halogenated alkanes) is 3. The third-order valence-corrected chi connectivity index (χ3v) is 8.55. The summed E-state index contributed by atoms with van der Waals surface area (Å²) in [4.78, 5) is 63.1. The number of rotatable bonds is 26. The fourth-order valence-electron chi connectivity index (χ4n) is 5.63. The molecule has 3 rings (SSSR count). The minimum Gasteiger partial charge on any atom is -0.434 e. The van der Waals surface area contributed by atoms with E-state index in [9.17, 15) is 19.2 Å². The second-order valence-corrected chi connectivity index (χ2v) is 13.6. The third kappa shape index (κ3) is 17.1. The normalized spacial score (nSPS) is 12.9. The predicted molar refractivity (Wildman–Crippen MR) is 204 cm³/mol. The molecule has 0 saturated heterocycles. The largest absolute Gasteiger partial charge is 0.511 e. The number of ether oxygens (including phenoxy) is 5. The highest BCUT2D eigenvalue weighted by molar-refractivity contribution is 5.85. The van der Waals surface area contributed by atoms with Crippen molar-refractivity contribution < 1.29 is 73.4 Å². The van der Waals surface area contributed by atoms with Crippen LogP contribution in [-0.2, 0) is 49.5 Å². The average molecular weight is 850 g/mol. The lowest BCUT2D eigenvalue weighted by Crippen LogP contribution is -2.49. The van der Waals surface area contributed by atoms with E-state index in [1.54, 1.807) is 20.8 Å². The Morgan fingerprint density at radius 2 is 1.28 bits per heavy atom. The topological polar surface area (TPSA) is 267 Å². The maximum absolute atomic E-state index is 13.6. The summed E-state index contributed by atoms with van der Waals surface area (Å²) in [6.45, 7) is 8.49. The molecule has 0 aliphatic carbocycles. The number of carbonyl (C=O) groups is 4. The van der Waals surface area contributed by atoms with Crippen LogP contribution in [0.2, 0.25) is 0 Å². The van der Waals surface area contributed by atoms with Gasteiger partial charge in [-0.15, -0.1) is 15.0 Å². The van der Waals surface area contributed by atoms with Crippen LogP contribution in [0.3, 0.4) is 0 Å². The van der Waals surface area contributed by atoms with E-state index in [2.05, 4.69) is 25.1 Å². The zero-order valence-corrected chi connectivity index (χ0v) is 34.3. The molecule has 0 saturated carbocycles. The second kappa shape index (κ2) is 26.0. The summed E-state index contributed by atoms with van der Waals surface area (Å²) in [5.74, 6) is -1.10. The van der Waals surface area contributed by atoms with Crippen LogP contribution in [-0.4, -0.2) is 120 Å². The van der Waals surface area contributed by atoms with Crippen molar-refractivity contribution in [3.05, 3.63) is 54.1 Å². The van der Waals surface area contributed by atoms with Crippen molar-refractivity contribution in [3.63, 3.8) is 0 Å². The molecule has 0 spiro atoms. The SMILES string of the molecule is CCCCC(=O)N(Cc1ccc(-c2ccccc2-c2nnn(C(C)OC(=O)OCCCCON(O)O)n2)cc1)[C@H](C(=O)OC(C)OC(=O)OCCCCON(O)O)C(C)C. The molecule has 2 aromatic carbocycles. The Bertz CT molecular complexity index is 1760. The van der Waals surface area contributed by atoms with Crippen LogP contribution in [0.15, 0.2) is 48.5 Å². The number of amides is 1. The highest BCUT2D eigenvalue weighted by atomic mass is 17.1. The van der Waals surface area contributed by atoms with Crippen LogP contribution in [0.4, 0.5) is 9.59 Å². The minimum atomic E-state index is -1.32. The van der Waals surface area contributed by atoms with Crippen molar-refractivity contribution in [1.29, 1.82) is 0 Å². The van der Waals surface area contributed by atoms with Gasteiger partial charge in [-0.2, -0.15) is 0 Å². The molecule has 1 amide bonds. The Balaban J connectivity index is 1.68. The lowest BCUT2D eigenvalue weighted by atomic mass is 9.97. The van der Waals surface area contributed by atoms with Crippen molar-refractivity contribution in [2.75, 3.05) is 26.4 Å². The van der Waals surface area contributed by atoms with Gasteiger partial charge in [0.1, 0.15) is 6.04 Å². The number of carbonyl (C=O) groups excluding carboxylic acids is 4. The Hall–Kier alpha value is -5.33. The molecule has 60 heavy (non-hydrogen) atoms. The Kier molecular flexibility index (Phi) is 21.3. The molecule has 0 aliphatic rings. The summed E-state index contributed by atoms with van der Waals surface area (Å²) in [5, 5.41) is 46.0. The van der Waals surface area contributed by atoms with E-state index in [0.29, 0.717) is 37.7 Å². The van der Waals surface area contributed by atoms with E-state index in [0.717, 1.165) is 27.9 Å². The summed E-state index contributed by atoms with van der Waals surface area (Å²) in [6.07, 6.45) is -1.23. The Morgan fingerprint density at radius 3 is 1.85 bits per heavy atom. The van der Waals surface area contributed by atoms with Crippen LogP contribution in [0.5, 0.6) is 0 Å². The van der Waals surface area contributed by atoms with Gasteiger partial charge in [0, 0.05) is 25.5 Å². The van der Waals surface area contributed by atoms with Crippen LogP contribution in [0.25, 0.3) is 22.5 Å². The summed E-state index contributed by atoms with van der Waals surface area (Å²) >= 11 is 0. The quantitative estimate of drug-likeness (QED) is 0.0242. The maximum Gasteiger partial charge on any atom is 0.511 e. The van der Waals surface area contributed by atoms with E-state index in [-0.39, 0.29) is 57.0 Å². The molecule has 0 fully saturated rings.